The number of ether oxygens (including phenoxy) is 3. The Kier molecular flexibility index (Phi) is 6.30. The van der Waals surface area contributed by atoms with Crippen LogP contribution in [0.2, 0.25) is 0 Å². The number of aliphatic hydroxyl groups excluding tert-OH is 1. The number of carbonyl (C=O) groups excluding carboxylic acids is 2. The molecule has 1 aliphatic heterocycles. The maximum absolute atomic E-state index is 14.1. The molecule has 3 aromatic rings. The molecule has 0 bridgehead atoms. The van der Waals surface area contributed by atoms with Gasteiger partial charge in [0, 0.05) is 23.1 Å². The molecule has 1 unspecified atom stereocenters. The highest BCUT2D eigenvalue weighted by atomic mass is 32.1. The number of hydrogen-bond acceptors (Lipinski definition) is 7. The van der Waals surface area contributed by atoms with Crippen LogP contribution in [-0.2, 0) is 9.59 Å². The number of carbonyl (C=O) groups is 2. The van der Waals surface area contributed by atoms with Crippen LogP contribution in [0.3, 0.4) is 0 Å². The van der Waals surface area contributed by atoms with E-state index in [-0.39, 0.29) is 16.9 Å². The van der Waals surface area contributed by atoms with Crippen molar-refractivity contribution in [1.82, 2.24) is 0 Å². The van der Waals surface area contributed by atoms with Crippen LogP contribution in [-0.4, -0.2) is 38.1 Å². The maximum Gasteiger partial charge on any atom is 0.300 e. The number of halogens is 1. The number of thiophene rings is 1. The molecule has 1 saturated heterocycles. The van der Waals surface area contributed by atoms with E-state index < -0.39 is 29.3 Å². The molecule has 1 fully saturated rings. The molecule has 7 nitrogen and oxygen atoms in total. The van der Waals surface area contributed by atoms with Crippen molar-refractivity contribution < 1.29 is 33.3 Å². The number of methoxy groups -OCH3 is 3. The summed E-state index contributed by atoms with van der Waals surface area (Å²) < 4.78 is 30.0. The van der Waals surface area contributed by atoms with Gasteiger partial charge in [0.05, 0.1) is 38.2 Å². The summed E-state index contributed by atoms with van der Waals surface area (Å²) in [7, 11) is 4.32. The Morgan fingerprint density at radius 1 is 1.00 bits per heavy atom. The molecule has 1 aliphatic rings. The predicted octanol–water partition coefficient (Wildman–Crippen LogP) is 4.85. The molecule has 34 heavy (non-hydrogen) atoms. The number of hydrogen-bond donors (Lipinski definition) is 1. The summed E-state index contributed by atoms with van der Waals surface area (Å²) in [5.74, 6) is -1.89. The van der Waals surface area contributed by atoms with Gasteiger partial charge in [0.2, 0.25) is 0 Å². The summed E-state index contributed by atoms with van der Waals surface area (Å²) in [6.45, 7) is 1.85. The fourth-order valence-corrected chi connectivity index (χ4v) is 4.98. The Hall–Kier alpha value is -3.85. The Morgan fingerprint density at radius 2 is 1.68 bits per heavy atom. The molecule has 0 radical (unpaired) electrons. The average Bonchev–Trinajstić information content (AvgIpc) is 3.38. The zero-order chi connectivity index (χ0) is 24.6. The summed E-state index contributed by atoms with van der Waals surface area (Å²) in [4.78, 5) is 28.6. The van der Waals surface area contributed by atoms with Crippen LogP contribution < -0.4 is 19.1 Å². The van der Waals surface area contributed by atoms with Crippen molar-refractivity contribution in [2.75, 3.05) is 26.2 Å². The summed E-state index contributed by atoms with van der Waals surface area (Å²) in [5, 5.41) is 13.1. The molecular weight excluding hydrogens is 461 g/mol. The molecule has 1 amide bonds. The molecule has 4 rings (SSSR count). The van der Waals surface area contributed by atoms with Crippen LogP contribution in [0.1, 0.15) is 22.0 Å². The minimum absolute atomic E-state index is 0.0251. The van der Waals surface area contributed by atoms with Crippen molar-refractivity contribution in [3.63, 3.8) is 0 Å². The molecule has 2 heterocycles. The second-order valence-corrected chi connectivity index (χ2v) is 8.50. The largest absolute Gasteiger partial charge is 0.507 e. The number of aliphatic hydroxyl groups is 1. The van der Waals surface area contributed by atoms with Gasteiger partial charge < -0.3 is 19.3 Å². The lowest BCUT2D eigenvalue weighted by molar-refractivity contribution is -0.132. The third kappa shape index (κ3) is 3.88. The van der Waals surface area contributed by atoms with E-state index in [1.165, 1.54) is 49.7 Å². The lowest BCUT2D eigenvalue weighted by Gasteiger charge is -2.26. The van der Waals surface area contributed by atoms with Crippen LogP contribution in [0, 0.1) is 12.7 Å². The summed E-state index contributed by atoms with van der Waals surface area (Å²) >= 11 is 1.34. The van der Waals surface area contributed by atoms with E-state index >= 15 is 0 Å². The quantitative estimate of drug-likeness (QED) is 0.307. The molecule has 2 aromatic carbocycles. The number of anilines is 1. The van der Waals surface area contributed by atoms with E-state index in [4.69, 9.17) is 14.2 Å². The zero-order valence-corrected chi connectivity index (χ0v) is 19.7. The minimum Gasteiger partial charge on any atom is -0.507 e. The Balaban J connectivity index is 2.00. The van der Waals surface area contributed by atoms with Gasteiger partial charge in [-0.1, -0.05) is 0 Å². The highest BCUT2D eigenvalue weighted by Gasteiger charge is 2.48. The maximum atomic E-state index is 14.1. The number of ketones is 1. The number of Topliss-reactive ketones (excluding diaryl/α,β-unsaturated/α-hetero) is 1. The third-order valence-electron chi connectivity index (χ3n) is 5.63. The van der Waals surface area contributed by atoms with Gasteiger partial charge in [-0.15, -0.1) is 11.3 Å². The van der Waals surface area contributed by atoms with Crippen LogP contribution >= 0.6 is 11.3 Å². The van der Waals surface area contributed by atoms with Gasteiger partial charge in [-0.25, -0.2) is 4.39 Å². The first-order chi connectivity index (χ1) is 16.3. The van der Waals surface area contributed by atoms with Gasteiger partial charge in [0.25, 0.3) is 11.7 Å². The minimum atomic E-state index is -0.954. The monoisotopic (exact) mass is 483 g/mol. The zero-order valence-electron chi connectivity index (χ0n) is 18.9. The molecular formula is C25H22FNO6S. The van der Waals surface area contributed by atoms with Crippen molar-refractivity contribution in [3.05, 3.63) is 75.2 Å². The number of nitrogens with zero attached hydrogens (tertiary/aromatic N) is 1. The third-order valence-corrected chi connectivity index (χ3v) is 6.70. The van der Waals surface area contributed by atoms with Crippen molar-refractivity contribution in [2.24, 2.45) is 0 Å². The SMILES string of the molecule is COc1cc(OC)cc(N2C(=O)C(=O)/C(=C(\O)c3cc(F)ccc3OC)C2c2sccc2C)c1. The lowest BCUT2D eigenvalue weighted by atomic mass is 9.97. The number of aryl methyl sites for hydroxylation is 1. The van der Waals surface area contributed by atoms with E-state index in [0.29, 0.717) is 22.1 Å². The normalized spacial score (nSPS) is 17.2. The molecule has 1 aromatic heterocycles. The summed E-state index contributed by atoms with van der Waals surface area (Å²) in [6, 6.07) is 9.34. The van der Waals surface area contributed by atoms with Gasteiger partial charge in [0.1, 0.15) is 34.9 Å². The first kappa shape index (κ1) is 23.3. The number of amides is 1. The van der Waals surface area contributed by atoms with Crippen LogP contribution in [0.15, 0.2) is 53.4 Å². The fraction of sp³-hybridized carbons (Fsp3) is 0.200. The second kappa shape index (κ2) is 9.18. The molecule has 176 valence electrons. The molecule has 1 atom stereocenters. The standard InChI is InChI=1S/C25H22FNO6S/c1-13-7-8-34-24(13)21-20(22(28)18-9-14(26)5-6-19(18)33-4)23(29)25(30)27(21)15-10-16(31-2)12-17(11-15)32-3/h5-12,21,28H,1-4H3/b22-20-. The Bertz CT molecular complexity index is 1290. The Morgan fingerprint density at radius 3 is 2.24 bits per heavy atom. The molecule has 1 N–H and O–H groups in total. The Labute approximate surface area is 199 Å². The number of benzene rings is 2. The number of rotatable bonds is 6. The predicted molar refractivity (Wildman–Crippen MR) is 126 cm³/mol. The van der Waals surface area contributed by atoms with E-state index in [0.717, 1.165) is 11.6 Å². The van der Waals surface area contributed by atoms with Crippen LogP contribution in [0.25, 0.3) is 5.76 Å². The van der Waals surface area contributed by atoms with E-state index in [9.17, 15) is 19.1 Å². The highest BCUT2D eigenvalue weighted by molar-refractivity contribution is 7.10. The van der Waals surface area contributed by atoms with Gasteiger partial charge in [-0.3, -0.25) is 14.5 Å². The van der Waals surface area contributed by atoms with Gasteiger partial charge in [0.15, 0.2) is 0 Å². The second-order valence-electron chi connectivity index (χ2n) is 7.55. The lowest BCUT2D eigenvalue weighted by Crippen LogP contribution is -2.29. The van der Waals surface area contributed by atoms with Crippen LogP contribution in [0.5, 0.6) is 17.2 Å². The van der Waals surface area contributed by atoms with Crippen molar-refractivity contribution >= 4 is 34.5 Å². The van der Waals surface area contributed by atoms with E-state index in [1.807, 2.05) is 18.4 Å². The van der Waals surface area contributed by atoms with E-state index in [2.05, 4.69) is 0 Å². The van der Waals surface area contributed by atoms with Gasteiger partial charge in [-0.05, 0) is 42.1 Å². The smallest absolute Gasteiger partial charge is 0.300 e. The van der Waals surface area contributed by atoms with E-state index in [1.54, 1.807) is 18.2 Å². The van der Waals surface area contributed by atoms with Crippen LogP contribution in [0.4, 0.5) is 10.1 Å². The summed E-state index contributed by atoms with van der Waals surface area (Å²) in [6.07, 6.45) is 0. The van der Waals surface area contributed by atoms with Gasteiger partial charge in [-0.2, -0.15) is 0 Å². The topological polar surface area (TPSA) is 85.3 Å². The molecule has 0 saturated carbocycles. The fourth-order valence-electron chi connectivity index (χ4n) is 3.95. The molecule has 9 heteroatoms. The molecule has 0 spiro atoms. The first-order valence-electron chi connectivity index (χ1n) is 10.2. The van der Waals surface area contributed by atoms with Gasteiger partial charge >= 0.3 is 0 Å². The first-order valence-corrected chi connectivity index (χ1v) is 11.1. The van der Waals surface area contributed by atoms with Crippen molar-refractivity contribution in [2.45, 2.75) is 13.0 Å². The summed E-state index contributed by atoms with van der Waals surface area (Å²) in [5.41, 5.74) is 0.986. The molecule has 0 aliphatic carbocycles. The highest BCUT2D eigenvalue weighted by Crippen LogP contribution is 2.46. The average molecular weight is 484 g/mol. The van der Waals surface area contributed by atoms with Crippen molar-refractivity contribution in [1.29, 1.82) is 0 Å². The van der Waals surface area contributed by atoms with Crippen molar-refractivity contribution in [3.8, 4) is 17.2 Å².